The zero-order valence-corrected chi connectivity index (χ0v) is 28.3. The Morgan fingerprint density at radius 2 is 1.93 bits per heavy atom. The standard InChI is InChI=1S/C34H44N8O3S/c1-19-17-41(18-20(2)42(19)22(4)43)27-15-28(44-21(3)25-10-8-14-40(25)5)38-33(37-27)30-23-9-6-12-34(31(23)45-39-30)13-7-11-26-29(34)24(16-35)32(36)46-26/h15,19-21,25H,6-14,17-18,36H2,1-5H3/t19-,20-,21-,25-,34-/m0/s1. The highest BCUT2D eigenvalue weighted by molar-refractivity contribution is 7.16. The molecule has 12 heteroatoms. The van der Waals surface area contributed by atoms with Crippen LogP contribution in [0, 0.1) is 11.3 Å². The fourth-order valence-electron chi connectivity index (χ4n) is 8.89. The van der Waals surface area contributed by atoms with E-state index in [0.717, 1.165) is 80.6 Å². The van der Waals surface area contributed by atoms with Gasteiger partial charge in [-0.05, 0) is 91.3 Å². The van der Waals surface area contributed by atoms with Gasteiger partial charge in [0.2, 0.25) is 11.8 Å². The van der Waals surface area contributed by atoms with Gasteiger partial charge >= 0.3 is 0 Å². The second-order valence-electron chi connectivity index (χ2n) is 13.8. The molecule has 1 spiro atoms. The molecule has 5 heterocycles. The molecule has 2 saturated heterocycles. The quantitative estimate of drug-likeness (QED) is 0.408. The van der Waals surface area contributed by atoms with Crippen LogP contribution in [-0.4, -0.2) is 81.7 Å². The number of rotatable bonds is 5. The zero-order valence-electron chi connectivity index (χ0n) is 27.5. The van der Waals surface area contributed by atoms with E-state index in [1.807, 2.05) is 11.0 Å². The molecule has 3 aromatic rings. The minimum atomic E-state index is -0.419. The van der Waals surface area contributed by atoms with Crippen molar-refractivity contribution in [1.82, 2.24) is 24.9 Å². The lowest BCUT2D eigenvalue weighted by Crippen LogP contribution is -2.58. The lowest BCUT2D eigenvalue weighted by atomic mass is 9.63. The van der Waals surface area contributed by atoms with Crippen LogP contribution in [-0.2, 0) is 23.1 Å². The number of fused-ring (bicyclic) bond motifs is 4. The molecule has 0 unspecified atom stereocenters. The number of ether oxygens (including phenoxy) is 1. The summed E-state index contributed by atoms with van der Waals surface area (Å²) < 4.78 is 12.9. The summed E-state index contributed by atoms with van der Waals surface area (Å²) in [7, 11) is 2.15. The van der Waals surface area contributed by atoms with E-state index in [9.17, 15) is 10.1 Å². The van der Waals surface area contributed by atoms with Gasteiger partial charge in [-0.25, -0.2) is 4.98 Å². The van der Waals surface area contributed by atoms with E-state index in [1.54, 1.807) is 18.3 Å². The molecular weight excluding hydrogens is 600 g/mol. The molecule has 7 rings (SSSR count). The van der Waals surface area contributed by atoms with Gasteiger partial charge in [0, 0.05) is 54.6 Å². The summed E-state index contributed by atoms with van der Waals surface area (Å²) in [4.78, 5) is 30.2. The summed E-state index contributed by atoms with van der Waals surface area (Å²) >= 11 is 1.54. The summed E-state index contributed by atoms with van der Waals surface area (Å²) in [6.45, 7) is 10.3. The zero-order chi connectivity index (χ0) is 32.3. The molecule has 4 aliphatic rings. The predicted octanol–water partition coefficient (Wildman–Crippen LogP) is 4.91. The molecule has 0 bridgehead atoms. The average molecular weight is 645 g/mol. The van der Waals surface area contributed by atoms with Gasteiger partial charge in [-0.1, -0.05) is 5.16 Å². The Hall–Kier alpha value is -3.69. The first-order valence-electron chi connectivity index (χ1n) is 16.7. The maximum Gasteiger partial charge on any atom is 0.220 e. The molecule has 0 saturated carbocycles. The fraction of sp³-hybridized carbons (Fsp3) is 0.618. The normalized spacial score (nSPS) is 26.9. The van der Waals surface area contributed by atoms with Gasteiger partial charge in [0.1, 0.15) is 23.0 Å². The van der Waals surface area contributed by atoms with E-state index in [-0.39, 0.29) is 24.1 Å². The van der Waals surface area contributed by atoms with Crippen LogP contribution in [0.25, 0.3) is 11.5 Å². The van der Waals surface area contributed by atoms with Gasteiger partial charge in [-0.3, -0.25) is 9.69 Å². The van der Waals surface area contributed by atoms with Crippen molar-refractivity contribution in [3.63, 3.8) is 0 Å². The molecule has 0 aromatic carbocycles. The fourth-order valence-corrected chi connectivity index (χ4v) is 10.0. The van der Waals surface area contributed by atoms with Crippen molar-refractivity contribution in [3.8, 4) is 23.5 Å². The monoisotopic (exact) mass is 644 g/mol. The van der Waals surface area contributed by atoms with Crippen LogP contribution in [0.15, 0.2) is 10.6 Å². The molecule has 1 amide bonds. The highest BCUT2D eigenvalue weighted by Gasteiger charge is 2.49. The van der Waals surface area contributed by atoms with Crippen molar-refractivity contribution in [2.45, 2.75) is 109 Å². The van der Waals surface area contributed by atoms with E-state index < -0.39 is 5.41 Å². The number of carbonyl (C=O) groups excluding carboxylic acids is 1. The molecule has 2 fully saturated rings. The van der Waals surface area contributed by atoms with Crippen molar-refractivity contribution in [2.24, 2.45) is 0 Å². The number of likely N-dealkylation sites (tertiary alicyclic amines) is 1. The maximum atomic E-state index is 12.4. The molecule has 2 aliphatic carbocycles. The third-order valence-corrected chi connectivity index (χ3v) is 11.9. The van der Waals surface area contributed by atoms with Crippen molar-refractivity contribution in [3.05, 3.63) is 33.4 Å². The number of nitrogens with zero attached hydrogens (tertiary/aromatic N) is 7. The number of aromatic nitrogens is 3. The summed E-state index contributed by atoms with van der Waals surface area (Å²) in [6, 6.07) is 4.72. The van der Waals surface area contributed by atoms with Gasteiger partial charge in [-0.15, -0.1) is 11.3 Å². The van der Waals surface area contributed by atoms with Gasteiger partial charge in [0.15, 0.2) is 17.3 Å². The topological polar surface area (TPSA) is 138 Å². The van der Waals surface area contributed by atoms with Crippen LogP contribution >= 0.6 is 11.3 Å². The number of likely N-dealkylation sites (N-methyl/N-ethyl adjacent to an activating group) is 1. The molecule has 2 aliphatic heterocycles. The van der Waals surface area contributed by atoms with Gasteiger partial charge in [-0.2, -0.15) is 10.2 Å². The maximum absolute atomic E-state index is 12.4. The number of thiophene rings is 1. The lowest BCUT2D eigenvalue weighted by Gasteiger charge is -2.44. The number of hydrogen-bond acceptors (Lipinski definition) is 11. The molecule has 5 atom stereocenters. The van der Waals surface area contributed by atoms with Crippen LogP contribution in [0.1, 0.15) is 93.5 Å². The number of carbonyl (C=O) groups is 1. The molecule has 2 N–H and O–H groups in total. The number of anilines is 2. The Morgan fingerprint density at radius 1 is 1.20 bits per heavy atom. The Bertz CT molecular complexity index is 1680. The van der Waals surface area contributed by atoms with Crippen LogP contribution < -0.4 is 15.4 Å². The van der Waals surface area contributed by atoms with Crippen molar-refractivity contribution in [1.29, 1.82) is 5.26 Å². The van der Waals surface area contributed by atoms with Gasteiger partial charge in [0.05, 0.1) is 11.0 Å². The van der Waals surface area contributed by atoms with E-state index in [2.05, 4.69) is 48.8 Å². The Labute approximate surface area is 274 Å². The highest BCUT2D eigenvalue weighted by Crippen LogP contribution is 2.55. The third-order valence-electron chi connectivity index (χ3n) is 10.8. The summed E-state index contributed by atoms with van der Waals surface area (Å²) in [5.74, 6) is 2.67. The minimum Gasteiger partial charge on any atom is -0.473 e. The Kier molecular flexibility index (Phi) is 7.96. The Balaban J connectivity index is 1.30. The first-order chi connectivity index (χ1) is 22.1. The number of nitrogen functional groups attached to an aromatic ring is 1. The largest absolute Gasteiger partial charge is 0.473 e. The number of nitriles is 1. The number of nitrogens with two attached hydrogens (primary N) is 1. The number of piperazine rings is 1. The second-order valence-corrected chi connectivity index (χ2v) is 14.9. The van der Waals surface area contributed by atoms with Crippen LogP contribution in [0.3, 0.4) is 0 Å². The van der Waals surface area contributed by atoms with Gasteiger partial charge in [0.25, 0.3) is 0 Å². The summed E-state index contributed by atoms with van der Waals surface area (Å²) in [5, 5.41) is 15.4. The van der Waals surface area contributed by atoms with Crippen LogP contribution in [0.5, 0.6) is 5.88 Å². The van der Waals surface area contributed by atoms with Gasteiger partial charge < -0.3 is 24.8 Å². The predicted molar refractivity (Wildman–Crippen MR) is 177 cm³/mol. The first kappa shape index (κ1) is 30.9. The van der Waals surface area contributed by atoms with E-state index in [1.165, 1.54) is 4.88 Å². The van der Waals surface area contributed by atoms with Crippen molar-refractivity contribution >= 4 is 28.1 Å². The number of hydrogen-bond donors (Lipinski definition) is 1. The van der Waals surface area contributed by atoms with Crippen LogP contribution in [0.4, 0.5) is 10.8 Å². The molecule has 244 valence electrons. The van der Waals surface area contributed by atoms with Crippen molar-refractivity contribution in [2.75, 3.05) is 37.3 Å². The molecule has 11 nitrogen and oxygen atoms in total. The minimum absolute atomic E-state index is 0.0302. The smallest absolute Gasteiger partial charge is 0.220 e. The van der Waals surface area contributed by atoms with E-state index >= 15 is 0 Å². The summed E-state index contributed by atoms with van der Waals surface area (Å²) in [6.07, 6.45) is 7.65. The first-order valence-corrected chi connectivity index (χ1v) is 17.5. The summed E-state index contributed by atoms with van der Waals surface area (Å²) in [5.41, 5.74) is 9.25. The van der Waals surface area contributed by atoms with E-state index in [0.29, 0.717) is 47.1 Å². The number of aryl methyl sites for hydroxylation is 1. The molecule has 46 heavy (non-hydrogen) atoms. The van der Waals surface area contributed by atoms with E-state index in [4.69, 9.17) is 25.0 Å². The van der Waals surface area contributed by atoms with Crippen molar-refractivity contribution < 1.29 is 14.1 Å². The molecular formula is C34H44N8O3S. The number of amides is 1. The second kappa shape index (κ2) is 11.8. The average Bonchev–Trinajstić information content (AvgIpc) is 3.73. The van der Waals surface area contributed by atoms with Crippen LogP contribution in [0.2, 0.25) is 0 Å². The lowest BCUT2D eigenvalue weighted by molar-refractivity contribution is -0.133. The molecule has 0 radical (unpaired) electrons. The molecule has 3 aromatic heterocycles. The Morgan fingerprint density at radius 3 is 2.61 bits per heavy atom. The highest BCUT2D eigenvalue weighted by atomic mass is 32.1. The SMILES string of the molecule is CC(=O)N1[C@@H](C)CN(c2cc(O[C@@H](C)[C@@H]3CCCN3C)nc(-c3noc4c3CCC[C@@]43CCCc4sc(N)c(C#N)c43)n2)C[C@@H]1C. The third kappa shape index (κ3) is 5.03.